The summed E-state index contributed by atoms with van der Waals surface area (Å²) in [5.74, 6) is -0.311. The van der Waals surface area contributed by atoms with Crippen molar-refractivity contribution in [3.8, 4) is 0 Å². The lowest BCUT2D eigenvalue weighted by molar-refractivity contribution is -0.176. The molecule has 1 amide bonds. The molecule has 0 unspecified atom stereocenters. The Bertz CT molecular complexity index is 1100. The molecule has 0 atom stereocenters. The third-order valence-corrected chi connectivity index (χ3v) is 4.22. The largest absolute Gasteiger partial charge is 0.411 e. The zero-order valence-corrected chi connectivity index (χ0v) is 16.0. The molecule has 3 rings (SSSR count). The van der Waals surface area contributed by atoms with Gasteiger partial charge in [-0.15, -0.1) is 0 Å². The van der Waals surface area contributed by atoms with Gasteiger partial charge in [0.15, 0.2) is 0 Å². The van der Waals surface area contributed by atoms with Crippen LogP contribution < -0.4 is 16.4 Å². The summed E-state index contributed by atoms with van der Waals surface area (Å²) >= 11 is 0. The highest BCUT2D eigenvalue weighted by molar-refractivity contribution is 5.94. The van der Waals surface area contributed by atoms with Crippen LogP contribution in [0.4, 0.5) is 19.1 Å². The quantitative estimate of drug-likeness (QED) is 0.573. The number of anilines is 1. The Morgan fingerprint density at radius 3 is 2.50 bits per heavy atom. The zero-order chi connectivity index (χ0) is 21.7. The number of benzene rings is 2. The normalized spacial score (nSPS) is 11.5. The Kier molecular flexibility index (Phi) is 6.36. The maximum atomic E-state index is 12.6. The van der Waals surface area contributed by atoms with Gasteiger partial charge in [0.2, 0.25) is 5.95 Å². The molecule has 0 spiro atoms. The molecule has 0 fully saturated rings. The van der Waals surface area contributed by atoms with Crippen LogP contribution in [-0.2, 0) is 17.9 Å². The molecule has 1 aromatic heterocycles. The van der Waals surface area contributed by atoms with E-state index in [4.69, 9.17) is 0 Å². The van der Waals surface area contributed by atoms with Crippen LogP contribution in [-0.4, -0.2) is 28.2 Å². The molecule has 0 radical (unpaired) electrons. The smallest absolute Gasteiger partial charge is 0.367 e. The van der Waals surface area contributed by atoms with Gasteiger partial charge in [0.05, 0.1) is 17.5 Å². The van der Waals surface area contributed by atoms with Gasteiger partial charge in [0, 0.05) is 12.1 Å². The van der Waals surface area contributed by atoms with Crippen molar-refractivity contribution < 1.29 is 22.7 Å². The fraction of sp³-hybridized carbons (Fsp3) is 0.250. The number of halogens is 3. The third-order valence-electron chi connectivity index (χ3n) is 4.22. The predicted octanol–water partition coefficient (Wildman–Crippen LogP) is 3.25. The summed E-state index contributed by atoms with van der Waals surface area (Å²) in [4.78, 5) is 29.3. The molecule has 2 N–H and O–H groups in total. The van der Waals surface area contributed by atoms with Gasteiger partial charge < -0.3 is 4.74 Å². The fourth-order valence-corrected chi connectivity index (χ4v) is 2.78. The van der Waals surface area contributed by atoms with Gasteiger partial charge in [0.25, 0.3) is 11.5 Å². The molecule has 2 aromatic carbocycles. The van der Waals surface area contributed by atoms with E-state index >= 15 is 0 Å². The van der Waals surface area contributed by atoms with Crippen molar-refractivity contribution in [3.05, 3.63) is 70.0 Å². The highest BCUT2D eigenvalue weighted by Crippen LogP contribution is 2.16. The number of hydrazine groups is 1. The van der Waals surface area contributed by atoms with Crippen molar-refractivity contribution in [1.29, 1.82) is 0 Å². The maximum absolute atomic E-state index is 12.6. The number of carbonyl (C=O) groups is 1. The van der Waals surface area contributed by atoms with E-state index in [0.29, 0.717) is 23.0 Å². The molecule has 0 saturated heterocycles. The van der Waals surface area contributed by atoms with E-state index in [1.807, 2.05) is 0 Å². The van der Waals surface area contributed by atoms with Crippen molar-refractivity contribution in [2.45, 2.75) is 26.3 Å². The molecule has 0 aliphatic heterocycles. The first kappa shape index (κ1) is 21.3. The highest BCUT2D eigenvalue weighted by Gasteiger charge is 2.27. The number of carbonyl (C=O) groups excluding carboxylic acids is 1. The summed E-state index contributed by atoms with van der Waals surface area (Å²) in [5.41, 5.74) is 6.17. The van der Waals surface area contributed by atoms with E-state index in [-0.39, 0.29) is 23.7 Å². The summed E-state index contributed by atoms with van der Waals surface area (Å²) in [7, 11) is 0. The molecule has 0 aliphatic carbocycles. The van der Waals surface area contributed by atoms with Crippen LogP contribution in [0.5, 0.6) is 0 Å². The summed E-state index contributed by atoms with van der Waals surface area (Å²) in [6, 6.07) is 12.8. The lowest BCUT2D eigenvalue weighted by Gasteiger charge is -2.14. The summed E-state index contributed by atoms with van der Waals surface area (Å²) in [6.45, 7) is 0.576. The van der Waals surface area contributed by atoms with Crippen LogP contribution in [0.25, 0.3) is 10.9 Å². The minimum atomic E-state index is -4.39. The van der Waals surface area contributed by atoms with Crippen molar-refractivity contribution >= 4 is 22.8 Å². The first-order valence-electron chi connectivity index (χ1n) is 9.08. The highest BCUT2D eigenvalue weighted by atomic mass is 19.4. The summed E-state index contributed by atoms with van der Waals surface area (Å²) < 4.78 is 42.3. The fourth-order valence-electron chi connectivity index (χ4n) is 2.78. The molecule has 0 bridgehead atoms. The SMILES string of the molecule is CCn1c(NNC(=O)c2ccc(COCC(F)(F)F)cc2)nc2ccccc2c1=O. The minimum Gasteiger partial charge on any atom is -0.367 e. The number of hydrogen-bond acceptors (Lipinski definition) is 5. The third kappa shape index (κ3) is 5.15. The number of hydrogen-bond donors (Lipinski definition) is 2. The Morgan fingerprint density at radius 2 is 1.83 bits per heavy atom. The molecular weight excluding hydrogens is 401 g/mol. The van der Waals surface area contributed by atoms with E-state index in [1.54, 1.807) is 31.2 Å². The molecule has 1 heterocycles. The lowest BCUT2D eigenvalue weighted by atomic mass is 10.1. The first-order chi connectivity index (χ1) is 14.3. The predicted molar refractivity (Wildman–Crippen MR) is 105 cm³/mol. The van der Waals surface area contributed by atoms with Gasteiger partial charge >= 0.3 is 6.18 Å². The number of alkyl halides is 3. The Morgan fingerprint density at radius 1 is 1.13 bits per heavy atom. The minimum absolute atomic E-state index is 0.187. The monoisotopic (exact) mass is 420 g/mol. The summed E-state index contributed by atoms with van der Waals surface area (Å²) in [6.07, 6.45) is -4.39. The van der Waals surface area contributed by atoms with Crippen molar-refractivity contribution in [1.82, 2.24) is 15.0 Å². The maximum Gasteiger partial charge on any atom is 0.411 e. The van der Waals surface area contributed by atoms with Crippen LogP contribution in [0.2, 0.25) is 0 Å². The molecule has 30 heavy (non-hydrogen) atoms. The van der Waals surface area contributed by atoms with Crippen LogP contribution in [0, 0.1) is 0 Å². The molecule has 10 heteroatoms. The van der Waals surface area contributed by atoms with Crippen molar-refractivity contribution in [2.75, 3.05) is 12.0 Å². The average molecular weight is 420 g/mol. The number of ether oxygens (including phenoxy) is 1. The number of para-hydroxylation sites is 1. The first-order valence-corrected chi connectivity index (χ1v) is 9.08. The topological polar surface area (TPSA) is 85.2 Å². The Balaban J connectivity index is 1.66. The van der Waals surface area contributed by atoms with E-state index < -0.39 is 18.7 Å². The van der Waals surface area contributed by atoms with Gasteiger partial charge in [-0.1, -0.05) is 24.3 Å². The number of nitrogens with zero attached hydrogens (tertiary/aromatic N) is 2. The van der Waals surface area contributed by atoms with Crippen molar-refractivity contribution in [3.63, 3.8) is 0 Å². The zero-order valence-electron chi connectivity index (χ0n) is 16.0. The molecule has 158 valence electrons. The van der Waals surface area contributed by atoms with E-state index in [1.165, 1.54) is 28.8 Å². The molecule has 3 aromatic rings. The van der Waals surface area contributed by atoms with E-state index in [0.717, 1.165) is 0 Å². The van der Waals surface area contributed by atoms with E-state index in [2.05, 4.69) is 20.6 Å². The van der Waals surface area contributed by atoms with Gasteiger partial charge in [-0.3, -0.25) is 25.0 Å². The Labute approximate surface area is 169 Å². The molecule has 0 aliphatic rings. The van der Waals surface area contributed by atoms with Crippen LogP contribution in [0.15, 0.2) is 53.3 Å². The molecule has 0 saturated carbocycles. The standard InChI is InChI=1S/C20H19F3N4O3/c1-2-27-18(29)15-5-3-4-6-16(15)24-19(27)26-25-17(28)14-9-7-13(8-10-14)11-30-12-20(21,22)23/h3-10H,2,11-12H2,1H3,(H,24,26)(H,25,28). The second-order valence-corrected chi connectivity index (χ2v) is 6.39. The molecule has 7 nitrogen and oxygen atoms in total. The number of nitrogens with one attached hydrogen (secondary N) is 2. The number of amides is 1. The second-order valence-electron chi connectivity index (χ2n) is 6.39. The van der Waals surface area contributed by atoms with Crippen LogP contribution in [0.3, 0.4) is 0 Å². The van der Waals surface area contributed by atoms with Gasteiger partial charge in [-0.05, 0) is 36.8 Å². The summed E-state index contributed by atoms with van der Waals surface area (Å²) in [5, 5.41) is 0.472. The van der Waals surface area contributed by atoms with Crippen LogP contribution >= 0.6 is 0 Å². The molecular formula is C20H19F3N4O3. The van der Waals surface area contributed by atoms with Gasteiger partial charge in [-0.25, -0.2) is 4.98 Å². The average Bonchev–Trinajstić information content (AvgIpc) is 2.72. The van der Waals surface area contributed by atoms with E-state index in [9.17, 15) is 22.8 Å². The lowest BCUT2D eigenvalue weighted by Crippen LogP contribution is -2.34. The van der Waals surface area contributed by atoms with Gasteiger partial charge in [-0.2, -0.15) is 13.2 Å². The van der Waals surface area contributed by atoms with Crippen LogP contribution in [0.1, 0.15) is 22.8 Å². The number of rotatable bonds is 7. The Hall–Kier alpha value is -3.40. The number of fused-ring (bicyclic) bond motifs is 1. The van der Waals surface area contributed by atoms with Gasteiger partial charge in [0.1, 0.15) is 6.61 Å². The second kappa shape index (κ2) is 8.95. The van der Waals surface area contributed by atoms with Crippen molar-refractivity contribution in [2.24, 2.45) is 0 Å². The number of aromatic nitrogens is 2.